The second-order valence-corrected chi connectivity index (χ2v) is 6.91. The summed E-state index contributed by atoms with van der Waals surface area (Å²) in [5.74, 6) is 0.366. The van der Waals surface area contributed by atoms with Crippen molar-refractivity contribution in [1.82, 2.24) is 0 Å². The maximum absolute atomic E-state index is 12.7. The number of benzene rings is 1. The van der Waals surface area contributed by atoms with E-state index < -0.39 is 11.0 Å². The number of carbonyl (C=O) groups is 1. The van der Waals surface area contributed by atoms with Gasteiger partial charge in [-0.2, -0.15) is 0 Å². The van der Waals surface area contributed by atoms with Gasteiger partial charge in [0.25, 0.3) is 0 Å². The Morgan fingerprint density at radius 2 is 2.05 bits per heavy atom. The first kappa shape index (κ1) is 13.4. The molecule has 4 heteroatoms. The van der Waals surface area contributed by atoms with E-state index in [4.69, 9.17) is 16.3 Å². The third-order valence-electron chi connectivity index (χ3n) is 5.68. The first-order valence-electron chi connectivity index (χ1n) is 7.21. The molecule has 0 unspecified atom stereocenters. The maximum atomic E-state index is 12.7. The normalized spacial score (nSPS) is 43.1. The molecule has 1 heterocycles. The van der Waals surface area contributed by atoms with Crippen molar-refractivity contribution in [2.75, 3.05) is 5.88 Å². The number of ether oxygens (including phenoxy) is 1. The Kier molecular flexibility index (Phi) is 2.48. The summed E-state index contributed by atoms with van der Waals surface area (Å²) in [5.41, 5.74) is -0.322. The molecule has 0 spiro atoms. The molecule has 1 aromatic rings. The van der Waals surface area contributed by atoms with Crippen LogP contribution in [0.5, 0.6) is 5.75 Å². The van der Waals surface area contributed by atoms with Gasteiger partial charge in [-0.15, -0.1) is 11.6 Å². The van der Waals surface area contributed by atoms with Crippen LogP contribution in [0.25, 0.3) is 0 Å². The fraction of sp³-hybridized carbons (Fsp3) is 0.471. The SMILES string of the molecule is CC1=CC(=O)[C@]2(O)[C@@H]3c4ccccc4O[C@@H]3[C@@H]1[C@@]2(C)CCl. The summed E-state index contributed by atoms with van der Waals surface area (Å²) in [7, 11) is 0. The lowest BCUT2D eigenvalue weighted by Gasteiger charge is -2.45. The van der Waals surface area contributed by atoms with Crippen LogP contribution < -0.4 is 4.74 Å². The van der Waals surface area contributed by atoms with Crippen LogP contribution in [-0.2, 0) is 4.79 Å². The molecule has 2 bridgehead atoms. The Hall–Kier alpha value is -1.32. The molecule has 1 aliphatic heterocycles. The Bertz CT molecular complexity index is 682. The molecule has 4 rings (SSSR count). The third-order valence-corrected chi connectivity index (χ3v) is 6.24. The van der Waals surface area contributed by atoms with Crippen molar-refractivity contribution in [3.8, 4) is 5.75 Å². The molecule has 0 saturated heterocycles. The van der Waals surface area contributed by atoms with E-state index in [0.717, 1.165) is 16.9 Å². The van der Waals surface area contributed by atoms with Gasteiger partial charge in [0.15, 0.2) is 5.78 Å². The number of para-hydroxylation sites is 1. The molecule has 5 atom stereocenters. The van der Waals surface area contributed by atoms with Crippen LogP contribution in [0.1, 0.15) is 25.3 Å². The molecule has 0 aromatic heterocycles. The van der Waals surface area contributed by atoms with Crippen molar-refractivity contribution in [3.63, 3.8) is 0 Å². The number of fused-ring (bicyclic) bond motifs is 7. The first-order chi connectivity index (χ1) is 9.95. The lowest BCUT2D eigenvalue weighted by molar-refractivity contribution is -0.146. The zero-order valence-electron chi connectivity index (χ0n) is 12.0. The van der Waals surface area contributed by atoms with Gasteiger partial charge >= 0.3 is 0 Å². The Morgan fingerprint density at radius 1 is 1.33 bits per heavy atom. The van der Waals surface area contributed by atoms with Crippen molar-refractivity contribution in [1.29, 1.82) is 0 Å². The second-order valence-electron chi connectivity index (χ2n) is 6.65. The fourth-order valence-corrected chi connectivity index (χ4v) is 5.07. The zero-order valence-corrected chi connectivity index (χ0v) is 12.7. The number of halogens is 1. The van der Waals surface area contributed by atoms with Gasteiger partial charge in [-0.25, -0.2) is 0 Å². The van der Waals surface area contributed by atoms with Gasteiger partial charge < -0.3 is 9.84 Å². The van der Waals surface area contributed by atoms with Crippen LogP contribution >= 0.6 is 11.6 Å². The predicted octanol–water partition coefficient (Wildman–Crippen LogP) is 2.67. The Morgan fingerprint density at radius 3 is 2.76 bits per heavy atom. The average Bonchev–Trinajstić information content (AvgIpc) is 2.89. The maximum Gasteiger partial charge on any atom is 0.188 e. The molecule has 3 aliphatic rings. The van der Waals surface area contributed by atoms with E-state index >= 15 is 0 Å². The highest BCUT2D eigenvalue weighted by Crippen LogP contribution is 2.66. The molecular formula is C17H17ClO3. The van der Waals surface area contributed by atoms with Gasteiger partial charge in [-0.05, 0) is 19.1 Å². The average molecular weight is 305 g/mol. The topological polar surface area (TPSA) is 46.5 Å². The summed E-state index contributed by atoms with van der Waals surface area (Å²) < 4.78 is 6.11. The van der Waals surface area contributed by atoms with E-state index in [2.05, 4.69) is 0 Å². The smallest absolute Gasteiger partial charge is 0.188 e. The van der Waals surface area contributed by atoms with Crippen LogP contribution in [0.15, 0.2) is 35.9 Å². The number of hydrogen-bond acceptors (Lipinski definition) is 3. The Balaban J connectivity index is 2.00. The second kappa shape index (κ2) is 3.90. The van der Waals surface area contributed by atoms with E-state index in [1.165, 1.54) is 0 Å². The summed E-state index contributed by atoms with van der Waals surface area (Å²) in [6.45, 7) is 3.84. The van der Waals surface area contributed by atoms with Gasteiger partial charge in [-0.1, -0.05) is 30.7 Å². The van der Waals surface area contributed by atoms with Crippen LogP contribution in [-0.4, -0.2) is 28.5 Å². The van der Waals surface area contributed by atoms with Crippen molar-refractivity contribution in [2.24, 2.45) is 11.3 Å². The zero-order chi connectivity index (χ0) is 15.0. The molecule has 1 saturated carbocycles. The highest BCUT2D eigenvalue weighted by Gasteiger charge is 2.74. The van der Waals surface area contributed by atoms with Gasteiger partial charge in [-0.3, -0.25) is 4.79 Å². The number of aliphatic hydroxyl groups is 1. The predicted molar refractivity (Wildman–Crippen MR) is 79.6 cm³/mol. The fourth-order valence-electron chi connectivity index (χ4n) is 4.70. The summed E-state index contributed by atoms with van der Waals surface area (Å²) in [5, 5.41) is 11.4. The molecule has 3 nitrogen and oxygen atoms in total. The number of hydrogen-bond donors (Lipinski definition) is 1. The molecule has 1 N–H and O–H groups in total. The summed E-state index contributed by atoms with van der Waals surface area (Å²) in [4.78, 5) is 12.7. The molecule has 21 heavy (non-hydrogen) atoms. The summed E-state index contributed by atoms with van der Waals surface area (Å²) >= 11 is 6.22. The van der Waals surface area contributed by atoms with Gasteiger partial charge in [0.1, 0.15) is 17.5 Å². The first-order valence-corrected chi connectivity index (χ1v) is 7.75. The highest BCUT2D eigenvalue weighted by atomic mass is 35.5. The summed E-state index contributed by atoms with van der Waals surface area (Å²) in [6.07, 6.45) is 1.35. The van der Waals surface area contributed by atoms with E-state index in [1.54, 1.807) is 6.08 Å². The van der Waals surface area contributed by atoms with Gasteiger partial charge in [0.2, 0.25) is 0 Å². The van der Waals surface area contributed by atoms with Gasteiger partial charge in [0.05, 0.1) is 5.92 Å². The minimum atomic E-state index is -1.49. The molecule has 2 aliphatic carbocycles. The minimum absolute atomic E-state index is 0.0462. The molecular weight excluding hydrogens is 288 g/mol. The lowest BCUT2D eigenvalue weighted by Crippen LogP contribution is -2.56. The lowest BCUT2D eigenvalue weighted by atomic mass is 9.62. The van der Waals surface area contributed by atoms with Crippen LogP contribution in [0.2, 0.25) is 0 Å². The Labute approximate surface area is 128 Å². The van der Waals surface area contributed by atoms with Crippen molar-refractivity contribution < 1.29 is 14.6 Å². The van der Waals surface area contributed by atoms with Crippen LogP contribution in [0.3, 0.4) is 0 Å². The molecule has 0 radical (unpaired) electrons. The van der Waals surface area contributed by atoms with E-state index in [0.29, 0.717) is 0 Å². The van der Waals surface area contributed by atoms with Crippen molar-refractivity contribution in [2.45, 2.75) is 31.5 Å². The van der Waals surface area contributed by atoms with Crippen LogP contribution in [0, 0.1) is 11.3 Å². The number of carbonyl (C=O) groups excluding carboxylic acids is 1. The van der Waals surface area contributed by atoms with E-state index in [1.807, 2.05) is 38.1 Å². The number of ketones is 1. The highest BCUT2D eigenvalue weighted by molar-refractivity contribution is 6.19. The molecule has 0 amide bonds. The summed E-state index contributed by atoms with van der Waals surface area (Å²) in [6, 6.07) is 7.66. The number of rotatable bonds is 1. The molecule has 1 fully saturated rings. The van der Waals surface area contributed by atoms with E-state index in [-0.39, 0.29) is 29.6 Å². The van der Waals surface area contributed by atoms with Crippen molar-refractivity contribution >= 4 is 17.4 Å². The minimum Gasteiger partial charge on any atom is -0.489 e. The van der Waals surface area contributed by atoms with Gasteiger partial charge in [0, 0.05) is 22.8 Å². The monoisotopic (exact) mass is 304 g/mol. The van der Waals surface area contributed by atoms with Crippen molar-refractivity contribution in [3.05, 3.63) is 41.5 Å². The molecule has 1 aromatic carbocycles. The largest absolute Gasteiger partial charge is 0.489 e. The third kappa shape index (κ3) is 1.28. The molecule has 110 valence electrons. The quantitative estimate of drug-likeness (QED) is 0.811. The van der Waals surface area contributed by atoms with E-state index in [9.17, 15) is 9.90 Å². The van der Waals surface area contributed by atoms with Crippen LogP contribution in [0.4, 0.5) is 0 Å². The number of alkyl halides is 1. The standard InChI is InChI=1S/C17H17ClO3/c1-9-7-12(19)17(20)14-10-5-3-4-6-11(10)21-15(14)13(9)16(17,2)8-18/h3-7,13-15,20H,8H2,1-2H3/t13-,14-,15-,16-,17+/m1/s1.